The van der Waals surface area contributed by atoms with Crippen molar-refractivity contribution in [3.63, 3.8) is 0 Å². The maximum absolute atomic E-state index is 9.69. The molecule has 10 nitrogen and oxygen atoms in total. The van der Waals surface area contributed by atoms with E-state index in [1.165, 1.54) is 6.33 Å². The van der Waals surface area contributed by atoms with Crippen molar-refractivity contribution in [1.29, 1.82) is 0 Å². The maximum atomic E-state index is 9.69. The summed E-state index contributed by atoms with van der Waals surface area (Å²) in [6.07, 6.45) is 3.69. The van der Waals surface area contributed by atoms with Crippen LogP contribution < -0.4 is 10.6 Å². The average Bonchev–Trinajstić information content (AvgIpc) is 3.32. The molecule has 0 saturated carbocycles. The second-order valence-corrected chi connectivity index (χ2v) is 7.60. The van der Waals surface area contributed by atoms with Gasteiger partial charge in [-0.25, -0.2) is 15.0 Å². The van der Waals surface area contributed by atoms with Gasteiger partial charge in [0.1, 0.15) is 24.6 Å². The first kappa shape index (κ1) is 19.5. The number of nitrogens with one attached hydrogen (secondary N) is 2. The lowest BCUT2D eigenvalue weighted by molar-refractivity contribution is -0.199. The van der Waals surface area contributed by atoms with Gasteiger partial charge in [-0.2, -0.15) is 0 Å². The van der Waals surface area contributed by atoms with Crippen molar-refractivity contribution in [1.82, 2.24) is 24.8 Å². The monoisotopic (exact) mass is 392 g/mol. The van der Waals surface area contributed by atoms with Crippen molar-refractivity contribution in [2.75, 3.05) is 32.1 Å². The number of aromatic nitrogens is 4. The molecule has 10 heteroatoms. The van der Waals surface area contributed by atoms with E-state index in [0.717, 1.165) is 25.9 Å². The molecule has 4 unspecified atom stereocenters. The highest BCUT2D eigenvalue weighted by molar-refractivity contribution is 5.82. The van der Waals surface area contributed by atoms with Crippen LogP contribution in [0.15, 0.2) is 12.7 Å². The normalized spacial score (nSPS) is 28.7. The topological polar surface area (TPSA) is 116 Å². The number of hydrogen-bond donors (Lipinski definition) is 3. The van der Waals surface area contributed by atoms with Gasteiger partial charge in [0.25, 0.3) is 0 Å². The molecule has 0 bridgehead atoms. The Morgan fingerprint density at radius 2 is 1.93 bits per heavy atom. The minimum Gasteiger partial charge on any atom is -0.394 e. The van der Waals surface area contributed by atoms with Crippen molar-refractivity contribution in [2.24, 2.45) is 0 Å². The van der Waals surface area contributed by atoms with Crippen LogP contribution in [0.25, 0.3) is 11.2 Å². The van der Waals surface area contributed by atoms with Crippen molar-refractivity contribution in [3.8, 4) is 0 Å². The number of aliphatic hydroxyl groups is 1. The van der Waals surface area contributed by atoms with Gasteiger partial charge in [-0.1, -0.05) is 0 Å². The van der Waals surface area contributed by atoms with E-state index in [9.17, 15) is 5.11 Å². The second kappa shape index (κ2) is 7.88. The first-order chi connectivity index (χ1) is 13.5. The molecule has 2 aliphatic rings. The smallest absolute Gasteiger partial charge is 0.167 e. The van der Waals surface area contributed by atoms with Crippen molar-refractivity contribution in [3.05, 3.63) is 12.7 Å². The zero-order valence-corrected chi connectivity index (χ0v) is 16.5. The molecular formula is C18H28N6O4. The number of hydrogen-bond acceptors (Lipinski definition) is 9. The number of unbranched alkanes of at least 4 members (excludes halogenated alkanes) is 1. The van der Waals surface area contributed by atoms with Gasteiger partial charge < -0.3 is 30.0 Å². The fourth-order valence-electron chi connectivity index (χ4n) is 3.83. The van der Waals surface area contributed by atoms with Crippen LogP contribution in [-0.2, 0) is 14.2 Å². The van der Waals surface area contributed by atoms with Crippen LogP contribution in [0.4, 0.5) is 5.82 Å². The van der Waals surface area contributed by atoms with Crippen LogP contribution in [0.5, 0.6) is 0 Å². The molecule has 4 rings (SSSR count). The molecule has 2 saturated heterocycles. The average molecular weight is 392 g/mol. The van der Waals surface area contributed by atoms with E-state index < -0.39 is 18.1 Å². The van der Waals surface area contributed by atoms with Crippen LogP contribution in [-0.4, -0.2) is 75.5 Å². The molecule has 0 aliphatic carbocycles. The number of rotatable bonds is 8. The van der Waals surface area contributed by atoms with E-state index in [-0.39, 0.29) is 18.8 Å². The summed E-state index contributed by atoms with van der Waals surface area (Å²) in [5.74, 6) is -0.0265. The van der Waals surface area contributed by atoms with Gasteiger partial charge in [-0.3, -0.25) is 4.57 Å². The van der Waals surface area contributed by atoms with Gasteiger partial charge in [-0.15, -0.1) is 0 Å². The molecular weight excluding hydrogens is 364 g/mol. The number of nitrogens with zero attached hydrogens (tertiary/aromatic N) is 4. The predicted octanol–water partition coefficient (Wildman–Crippen LogP) is 0.648. The zero-order valence-electron chi connectivity index (χ0n) is 16.5. The van der Waals surface area contributed by atoms with E-state index in [4.69, 9.17) is 14.2 Å². The minimum atomic E-state index is -0.726. The highest BCUT2D eigenvalue weighted by atomic mass is 16.8. The van der Waals surface area contributed by atoms with Crippen LogP contribution in [0.1, 0.15) is 32.9 Å². The third kappa shape index (κ3) is 3.58. The van der Waals surface area contributed by atoms with Crippen molar-refractivity contribution >= 4 is 17.0 Å². The van der Waals surface area contributed by atoms with Crippen LogP contribution in [0.3, 0.4) is 0 Å². The summed E-state index contributed by atoms with van der Waals surface area (Å²) in [7, 11) is 1.95. The van der Waals surface area contributed by atoms with Crippen LogP contribution in [0, 0.1) is 0 Å². The number of ether oxygens (including phenoxy) is 3. The Morgan fingerprint density at radius 3 is 2.71 bits per heavy atom. The third-order valence-corrected chi connectivity index (χ3v) is 5.08. The molecule has 0 spiro atoms. The fraction of sp³-hybridized carbons (Fsp3) is 0.722. The van der Waals surface area contributed by atoms with Crippen LogP contribution in [0.2, 0.25) is 0 Å². The summed E-state index contributed by atoms with van der Waals surface area (Å²) in [5, 5.41) is 16.2. The van der Waals surface area contributed by atoms with Gasteiger partial charge >= 0.3 is 0 Å². The highest BCUT2D eigenvalue weighted by Crippen LogP contribution is 2.43. The van der Waals surface area contributed by atoms with Crippen molar-refractivity contribution < 1.29 is 19.3 Å². The maximum Gasteiger partial charge on any atom is 0.167 e. The summed E-state index contributed by atoms with van der Waals surface area (Å²) in [5.41, 5.74) is 1.34. The molecule has 3 N–H and O–H groups in total. The standard InChI is InChI=1S/C18H28N6O4/c1-18(2)27-13-11(8-25)26-17(14(13)28-18)24-10-23-12-15(21-9-22-16(12)24)20-7-5-4-6-19-3/h9-11,13-14,17,19,25H,4-8H2,1-3H3,(H,20,21,22). The summed E-state index contributed by atoms with van der Waals surface area (Å²) in [4.78, 5) is 13.2. The van der Waals surface area contributed by atoms with E-state index in [1.54, 1.807) is 6.33 Å². The summed E-state index contributed by atoms with van der Waals surface area (Å²) in [6.45, 7) is 5.38. The molecule has 2 aliphatic heterocycles. The highest BCUT2D eigenvalue weighted by Gasteiger charge is 2.55. The molecule has 2 aromatic rings. The van der Waals surface area contributed by atoms with Gasteiger partial charge in [0.05, 0.1) is 12.9 Å². The molecule has 2 aromatic heterocycles. The molecule has 4 heterocycles. The lowest BCUT2D eigenvalue weighted by Crippen LogP contribution is -2.31. The fourth-order valence-corrected chi connectivity index (χ4v) is 3.83. The lowest BCUT2D eigenvalue weighted by atomic mass is 10.1. The second-order valence-electron chi connectivity index (χ2n) is 7.60. The van der Waals surface area contributed by atoms with Crippen molar-refractivity contribution in [2.45, 2.75) is 57.0 Å². The van der Waals surface area contributed by atoms with Gasteiger partial charge in [0.2, 0.25) is 0 Å². The molecule has 4 atom stereocenters. The number of anilines is 1. The minimum absolute atomic E-state index is 0.141. The van der Waals surface area contributed by atoms with Gasteiger partial charge in [0, 0.05) is 6.54 Å². The number of imidazole rings is 1. The quantitative estimate of drug-likeness (QED) is 0.557. The number of aliphatic hydroxyl groups excluding tert-OH is 1. The van der Waals surface area contributed by atoms with E-state index in [2.05, 4.69) is 25.6 Å². The molecule has 0 aromatic carbocycles. The summed E-state index contributed by atoms with van der Waals surface area (Å²) in [6, 6.07) is 0. The summed E-state index contributed by atoms with van der Waals surface area (Å²) < 4.78 is 19.8. The molecule has 0 amide bonds. The Labute approximate surface area is 163 Å². The number of fused-ring (bicyclic) bond motifs is 2. The predicted molar refractivity (Wildman–Crippen MR) is 102 cm³/mol. The Bertz CT molecular complexity index is 812. The first-order valence-electron chi connectivity index (χ1n) is 9.72. The SMILES string of the molecule is CNCCCCNc1ncnc2c1ncn2C1OC(CO)C2OC(C)(C)OC21. The van der Waals surface area contributed by atoms with E-state index in [0.29, 0.717) is 17.0 Å². The Morgan fingerprint density at radius 1 is 1.14 bits per heavy atom. The zero-order chi connectivity index (χ0) is 19.7. The van der Waals surface area contributed by atoms with Gasteiger partial charge in [-0.05, 0) is 40.3 Å². The Balaban J connectivity index is 1.56. The molecule has 0 radical (unpaired) electrons. The Kier molecular flexibility index (Phi) is 5.48. The Hall–Kier alpha value is -1.85. The lowest BCUT2D eigenvalue weighted by Gasteiger charge is -2.24. The van der Waals surface area contributed by atoms with Crippen LogP contribution >= 0.6 is 0 Å². The largest absolute Gasteiger partial charge is 0.394 e. The first-order valence-corrected chi connectivity index (χ1v) is 9.72. The molecule has 2 fully saturated rings. The summed E-state index contributed by atoms with van der Waals surface area (Å²) >= 11 is 0. The van der Waals surface area contributed by atoms with Gasteiger partial charge in [0.15, 0.2) is 29.0 Å². The molecule has 154 valence electrons. The van der Waals surface area contributed by atoms with E-state index >= 15 is 0 Å². The molecule has 28 heavy (non-hydrogen) atoms. The van der Waals surface area contributed by atoms with E-state index in [1.807, 2.05) is 25.5 Å². The third-order valence-electron chi connectivity index (χ3n) is 5.08.